The number of hydrogen-bond donors (Lipinski definition) is 0. The van der Waals surface area contributed by atoms with E-state index >= 15 is 0 Å². The van der Waals surface area contributed by atoms with Gasteiger partial charge in [-0.2, -0.15) is 0 Å². The Morgan fingerprint density at radius 3 is 2.67 bits per heavy atom. The third kappa shape index (κ3) is 3.83. The molecule has 0 fully saturated rings. The molecular formula is C17H15ClFN3O2. The molecule has 0 aliphatic carbocycles. The fourth-order valence-electron chi connectivity index (χ4n) is 2.14. The van der Waals surface area contributed by atoms with Gasteiger partial charge in [0.05, 0.1) is 0 Å². The van der Waals surface area contributed by atoms with E-state index in [-0.39, 0.29) is 19.0 Å². The predicted octanol–water partition coefficient (Wildman–Crippen LogP) is 3.83. The summed E-state index contributed by atoms with van der Waals surface area (Å²) in [5.41, 5.74) is 0. The first kappa shape index (κ1) is 16.3. The molecule has 2 aromatic heterocycles. The Labute approximate surface area is 143 Å². The lowest BCUT2D eigenvalue weighted by Crippen LogP contribution is -2.10. The molecule has 0 bridgehead atoms. The lowest BCUT2D eigenvalue weighted by molar-refractivity contribution is 0.211. The third-order valence-corrected chi connectivity index (χ3v) is 3.53. The van der Waals surface area contributed by atoms with Crippen molar-refractivity contribution in [3.63, 3.8) is 0 Å². The van der Waals surface area contributed by atoms with Crippen molar-refractivity contribution in [3.05, 3.63) is 65.6 Å². The minimum atomic E-state index is -0.496. The van der Waals surface area contributed by atoms with Gasteiger partial charge in [0.2, 0.25) is 0 Å². The van der Waals surface area contributed by atoms with Gasteiger partial charge in [0, 0.05) is 29.7 Å². The lowest BCUT2D eigenvalue weighted by atomic mass is 10.3. The van der Waals surface area contributed by atoms with E-state index < -0.39 is 5.82 Å². The molecule has 124 valence electrons. The van der Waals surface area contributed by atoms with Gasteiger partial charge in [-0.15, -0.1) is 0 Å². The zero-order chi connectivity index (χ0) is 16.9. The Balaban J connectivity index is 1.56. The molecule has 0 saturated carbocycles. The quantitative estimate of drug-likeness (QED) is 0.636. The molecule has 0 saturated heterocycles. The molecule has 0 N–H and O–H groups in total. The Bertz CT molecular complexity index is 838. The standard InChI is InChI=1S/C17H15ClFN3O2/c1-12-20-6-7-22(12)17-11-14(4-5-21-17)23-8-9-24-16-3-2-13(18)10-15(16)19/h2-7,10-11H,8-9H2,1H3. The van der Waals surface area contributed by atoms with Crippen LogP contribution >= 0.6 is 11.6 Å². The number of imidazole rings is 1. The van der Waals surface area contributed by atoms with E-state index in [0.717, 1.165) is 5.82 Å². The lowest BCUT2D eigenvalue weighted by Gasteiger charge is -2.10. The first-order valence-electron chi connectivity index (χ1n) is 7.30. The van der Waals surface area contributed by atoms with E-state index in [0.29, 0.717) is 16.6 Å². The normalized spacial score (nSPS) is 10.6. The van der Waals surface area contributed by atoms with Crippen molar-refractivity contribution in [2.45, 2.75) is 6.92 Å². The Morgan fingerprint density at radius 2 is 1.92 bits per heavy atom. The number of benzene rings is 1. The Kier molecular flexibility index (Phi) is 4.96. The zero-order valence-electron chi connectivity index (χ0n) is 12.9. The third-order valence-electron chi connectivity index (χ3n) is 3.29. The van der Waals surface area contributed by atoms with Crippen molar-refractivity contribution in [3.8, 4) is 17.3 Å². The maximum Gasteiger partial charge on any atom is 0.166 e. The van der Waals surface area contributed by atoms with Crippen LogP contribution in [0.4, 0.5) is 4.39 Å². The summed E-state index contributed by atoms with van der Waals surface area (Å²) in [5, 5.41) is 0.329. The van der Waals surface area contributed by atoms with Gasteiger partial charge in [0.25, 0.3) is 0 Å². The molecule has 7 heteroatoms. The van der Waals surface area contributed by atoms with E-state index in [2.05, 4.69) is 9.97 Å². The topological polar surface area (TPSA) is 49.2 Å². The number of halogens is 2. The van der Waals surface area contributed by atoms with Crippen molar-refractivity contribution >= 4 is 11.6 Å². The van der Waals surface area contributed by atoms with Crippen LogP contribution in [0.5, 0.6) is 11.5 Å². The Hall–Kier alpha value is -2.60. The number of aryl methyl sites for hydroxylation is 1. The fraction of sp³-hybridized carbons (Fsp3) is 0.176. The largest absolute Gasteiger partial charge is 0.490 e. The monoisotopic (exact) mass is 347 g/mol. The number of rotatable bonds is 6. The number of nitrogens with zero attached hydrogens (tertiary/aromatic N) is 3. The van der Waals surface area contributed by atoms with Crippen LogP contribution in [0, 0.1) is 12.7 Å². The van der Waals surface area contributed by atoms with Crippen molar-refractivity contribution in [2.24, 2.45) is 0 Å². The smallest absolute Gasteiger partial charge is 0.166 e. The maximum atomic E-state index is 13.6. The highest BCUT2D eigenvalue weighted by atomic mass is 35.5. The molecule has 0 amide bonds. The van der Waals surface area contributed by atoms with Gasteiger partial charge in [0.1, 0.15) is 30.6 Å². The highest BCUT2D eigenvalue weighted by Crippen LogP contribution is 2.21. The second kappa shape index (κ2) is 7.31. The van der Waals surface area contributed by atoms with Gasteiger partial charge in [-0.25, -0.2) is 14.4 Å². The summed E-state index contributed by atoms with van der Waals surface area (Å²) in [6.45, 7) is 2.37. The molecule has 0 atom stereocenters. The maximum absolute atomic E-state index is 13.6. The van der Waals surface area contributed by atoms with E-state index in [1.54, 1.807) is 30.6 Å². The summed E-state index contributed by atoms with van der Waals surface area (Å²) >= 11 is 5.69. The molecular weight excluding hydrogens is 333 g/mol. The van der Waals surface area contributed by atoms with Gasteiger partial charge in [-0.1, -0.05) is 11.6 Å². The van der Waals surface area contributed by atoms with Crippen LogP contribution in [-0.4, -0.2) is 27.7 Å². The second-order valence-corrected chi connectivity index (χ2v) is 5.40. The molecule has 1 aromatic carbocycles. The summed E-state index contributed by atoms with van der Waals surface area (Å²) in [5.74, 6) is 1.85. The molecule has 0 spiro atoms. The Morgan fingerprint density at radius 1 is 1.08 bits per heavy atom. The van der Waals surface area contributed by atoms with Crippen molar-refractivity contribution in [1.29, 1.82) is 0 Å². The number of aromatic nitrogens is 3. The summed E-state index contributed by atoms with van der Waals surface area (Å²) in [6.07, 6.45) is 5.19. The average Bonchev–Trinajstić information content (AvgIpc) is 2.99. The second-order valence-electron chi connectivity index (χ2n) is 4.97. The van der Waals surface area contributed by atoms with E-state index in [1.165, 1.54) is 12.1 Å². The van der Waals surface area contributed by atoms with Crippen molar-refractivity contribution in [2.75, 3.05) is 13.2 Å². The van der Waals surface area contributed by atoms with Gasteiger partial charge in [-0.3, -0.25) is 4.57 Å². The minimum absolute atomic E-state index is 0.146. The first-order chi connectivity index (χ1) is 11.6. The highest BCUT2D eigenvalue weighted by Gasteiger charge is 2.05. The molecule has 0 unspecified atom stereocenters. The zero-order valence-corrected chi connectivity index (χ0v) is 13.7. The molecule has 24 heavy (non-hydrogen) atoms. The van der Waals surface area contributed by atoms with Crippen LogP contribution in [0.3, 0.4) is 0 Å². The molecule has 2 heterocycles. The van der Waals surface area contributed by atoms with Crippen LogP contribution in [0.1, 0.15) is 5.82 Å². The van der Waals surface area contributed by atoms with Crippen LogP contribution < -0.4 is 9.47 Å². The summed E-state index contributed by atoms with van der Waals surface area (Å²) in [7, 11) is 0. The van der Waals surface area contributed by atoms with E-state index in [4.69, 9.17) is 21.1 Å². The number of hydrogen-bond acceptors (Lipinski definition) is 4. The molecule has 3 rings (SSSR count). The fourth-order valence-corrected chi connectivity index (χ4v) is 2.30. The van der Waals surface area contributed by atoms with E-state index in [1.807, 2.05) is 17.7 Å². The van der Waals surface area contributed by atoms with Gasteiger partial charge in [-0.05, 0) is 31.2 Å². The van der Waals surface area contributed by atoms with Gasteiger partial charge >= 0.3 is 0 Å². The highest BCUT2D eigenvalue weighted by molar-refractivity contribution is 6.30. The molecule has 3 aromatic rings. The predicted molar refractivity (Wildman–Crippen MR) is 88.5 cm³/mol. The molecule has 0 aliphatic rings. The molecule has 0 radical (unpaired) electrons. The summed E-state index contributed by atoms with van der Waals surface area (Å²) < 4.78 is 26.4. The van der Waals surface area contributed by atoms with Crippen LogP contribution in [0.15, 0.2) is 48.9 Å². The van der Waals surface area contributed by atoms with Gasteiger partial charge in [0.15, 0.2) is 11.6 Å². The average molecular weight is 348 g/mol. The number of pyridine rings is 1. The van der Waals surface area contributed by atoms with Crippen LogP contribution in [0.25, 0.3) is 5.82 Å². The number of ether oxygens (including phenoxy) is 2. The van der Waals surface area contributed by atoms with Crippen molar-refractivity contribution < 1.29 is 13.9 Å². The molecule has 0 aliphatic heterocycles. The van der Waals surface area contributed by atoms with Crippen molar-refractivity contribution in [1.82, 2.24) is 14.5 Å². The summed E-state index contributed by atoms with van der Waals surface area (Å²) in [4.78, 5) is 8.45. The van der Waals surface area contributed by atoms with Crippen LogP contribution in [0.2, 0.25) is 5.02 Å². The summed E-state index contributed by atoms with van der Waals surface area (Å²) in [6, 6.07) is 7.82. The van der Waals surface area contributed by atoms with E-state index in [9.17, 15) is 4.39 Å². The minimum Gasteiger partial charge on any atom is -0.490 e. The first-order valence-corrected chi connectivity index (χ1v) is 7.68. The van der Waals surface area contributed by atoms with Gasteiger partial charge < -0.3 is 9.47 Å². The SMILES string of the molecule is Cc1nccn1-c1cc(OCCOc2ccc(Cl)cc2F)ccn1. The molecule has 5 nitrogen and oxygen atoms in total. The van der Waals surface area contributed by atoms with Crippen LogP contribution in [-0.2, 0) is 0 Å².